The summed E-state index contributed by atoms with van der Waals surface area (Å²) < 4.78 is 29.0. The summed E-state index contributed by atoms with van der Waals surface area (Å²) in [4.78, 5) is 23.7. The third-order valence-electron chi connectivity index (χ3n) is 8.99. The van der Waals surface area contributed by atoms with E-state index in [1.165, 1.54) is 12.1 Å². The van der Waals surface area contributed by atoms with Crippen LogP contribution in [0.1, 0.15) is 48.4 Å². The Balaban J connectivity index is 0.000000159. The quantitative estimate of drug-likeness (QED) is 0.615. The Morgan fingerprint density at radius 2 is 1.17 bits per heavy atom. The number of ether oxygens (including phenoxy) is 5. The van der Waals surface area contributed by atoms with Crippen molar-refractivity contribution >= 4 is 11.9 Å². The van der Waals surface area contributed by atoms with Gasteiger partial charge in [0.25, 0.3) is 0 Å². The van der Waals surface area contributed by atoms with Gasteiger partial charge in [-0.05, 0) is 12.1 Å². The van der Waals surface area contributed by atoms with Crippen molar-refractivity contribution in [3.63, 3.8) is 0 Å². The van der Waals surface area contributed by atoms with Gasteiger partial charge in [0.05, 0.1) is 41.6 Å². The fourth-order valence-electron chi connectivity index (χ4n) is 7.18. The van der Waals surface area contributed by atoms with E-state index in [4.69, 9.17) is 23.7 Å². The molecule has 8 bridgehead atoms. The maximum Gasteiger partial charge on any atom is 0.339 e. The van der Waals surface area contributed by atoms with Crippen molar-refractivity contribution in [2.24, 2.45) is 23.7 Å². The lowest BCUT2D eigenvalue weighted by atomic mass is 9.87. The van der Waals surface area contributed by atoms with Crippen LogP contribution in [0.15, 0.2) is 24.3 Å². The zero-order chi connectivity index (χ0) is 24.8. The summed E-state index contributed by atoms with van der Waals surface area (Å²) in [5.41, 5.74) is -0.00812. The lowest BCUT2D eigenvalue weighted by molar-refractivity contribution is -0.152. The van der Waals surface area contributed by atoms with Gasteiger partial charge < -0.3 is 33.9 Å². The second-order valence-electron chi connectivity index (χ2n) is 10.9. The number of hydrogen-bond acceptors (Lipinski definition) is 8. The van der Waals surface area contributed by atoms with Crippen LogP contribution in [0.3, 0.4) is 0 Å². The molecule has 9 nitrogen and oxygen atoms in total. The smallest absolute Gasteiger partial charge is 0.339 e. The first-order valence-electron chi connectivity index (χ1n) is 12.5. The highest BCUT2D eigenvalue weighted by atomic mass is 16.6. The third kappa shape index (κ3) is 3.32. The Morgan fingerprint density at radius 1 is 0.686 bits per heavy atom. The Kier molecular flexibility index (Phi) is 5.50. The summed E-state index contributed by atoms with van der Waals surface area (Å²) in [5, 5.41) is 18.9. The topological polar surface area (TPSA) is 121 Å². The van der Waals surface area contributed by atoms with E-state index in [-0.39, 0.29) is 71.8 Å². The molecule has 0 aromatic heterocycles. The normalized spacial score (nSPS) is 49.7. The van der Waals surface area contributed by atoms with Gasteiger partial charge >= 0.3 is 11.9 Å². The summed E-state index contributed by atoms with van der Waals surface area (Å²) in [7, 11) is 0. The summed E-state index contributed by atoms with van der Waals surface area (Å²) in [6.45, 7) is 8.38. The molecular weight excluding hydrogens is 456 g/mol. The molecule has 0 amide bonds. The van der Waals surface area contributed by atoms with E-state index in [2.05, 4.69) is 20.8 Å². The van der Waals surface area contributed by atoms with Gasteiger partial charge in [0.1, 0.15) is 24.4 Å². The van der Waals surface area contributed by atoms with Crippen LogP contribution >= 0.6 is 0 Å². The van der Waals surface area contributed by atoms with Gasteiger partial charge in [-0.3, -0.25) is 0 Å². The van der Waals surface area contributed by atoms with Crippen molar-refractivity contribution in [1.29, 1.82) is 0 Å². The highest BCUT2D eigenvalue weighted by Crippen LogP contribution is 2.51. The van der Waals surface area contributed by atoms with Crippen LogP contribution in [0.25, 0.3) is 0 Å². The number of aliphatic hydroxyl groups is 1. The minimum Gasteiger partial charge on any atom is -0.478 e. The highest BCUT2D eigenvalue weighted by Gasteiger charge is 2.65. The number of aliphatic hydroxyl groups excluding tert-OH is 1. The van der Waals surface area contributed by atoms with Crippen molar-refractivity contribution < 1.29 is 43.5 Å². The maximum atomic E-state index is 12.5. The van der Waals surface area contributed by atoms with Crippen LogP contribution in [0.2, 0.25) is 0 Å². The molecule has 9 rings (SSSR count). The predicted molar refractivity (Wildman–Crippen MR) is 120 cm³/mol. The van der Waals surface area contributed by atoms with Crippen molar-refractivity contribution in [3.05, 3.63) is 35.4 Å². The van der Waals surface area contributed by atoms with Crippen LogP contribution in [0.4, 0.5) is 0 Å². The highest BCUT2D eigenvalue weighted by molar-refractivity contribution is 6.02. The number of carboxylic acids is 1. The second kappa shape index (κ2) is 8.24. The standard InChI is InChI=1S/C17H18O6.C9H14O3/c1-7-11-8(2)13-15(14(21-11)12(7)22-13)23-17(20)10-6-4-3-5-9(10)16(18)19;1-3-6-4(2)8-9(11-6)5(10)7(3)12-8/h3-8,11-15H,1-2H3,(H,18,19);3-10H,1-2H3/t7-,8+,11+,12+,13?,14?,15-;3-,4+,5+,6+,7+,8-,9?/m01/s1. The van der Waals surface area contributed by atoms with Crippen LogP contribution in [-0.4, -0.2) is 83.2 Å². The predicted octanol–water partition coefficient (Wildman–Crippen LogP) is 1.90. The van der Waals surface area contributed by atoms with E-state index < -0.39 is 18.0 Å². The molecule has 0 spiro atoms. The van der Waals surface area contributed by atoms with Crippen molar-refractivity contribution in [2.75, 3.05) is 0 Å². The number of aromatic carboxylic acids is 1. The van der Waals surface area contributed by atoms with Crippen molar-refractivity contribution in [3.8, 4) is 0 Å². The lowest BCUT2D eigenvalue weighted by Gasteiger charge is -2.38. The Hall–Kier alpha value is -2.04. The summed E-state index contributed by atoms with van der Waals surface area (Å²) >= 11 is 0. The minimum absolute atomic E-state index is 0.0359. The molecule has 3 unspecified atom stereocenters. The molecule has 8 aliphatic rings. The Morgan fingerprint density at radius 3 is 1.80 bits per heavy atom. The van der Waals surface area contributed by atoms with Gasteiger partial charge in [-0.25, -0.2) is 9.59 Å². The number of carbonyl (C=O) groups excluding carboxylic acids is 1. The van der Waals surface area contributed by atoms with Crippen LogP contribution < -0.4 is 0 Å². The zero-order valence-corrected chi connectivity index (χ0v) is 20.1. The van der Waals surface area contributed by atoms with Gasteiger partial charge in [-0.2, -0.15) is 0 Å². The first-order chi connectivity index (χ1) is 16.7. The minimum atomic E-state index is -1.15. The van der Waals surface area contributed by atoms with Crippen molar-refractivity contribution in [2.45, 2.75) is 88.7 Å². The first kappa shape index (κ1) is 23.4. The van der Waals surface area contributed by atoms with E-state index in [9.17, 15) is 19.8 Å². The first-order valence-corrected chi connectivity index (χ1v) is 12.5. The number of carbonyl (C=O) groups is 2. The molecule has 2 N–H and O–H groups in total. The van der Waals surface area contributed by atoms with Crippen LogP contribution in [0.5, 0.6) is 0 Å². The number of esters is 1. The lowest BCUT2D eigenvalue weighted by Crippen LogP contribution is -2.49. The molecule has 9 heteroatoms. The largest absolute Gasteiger partial charge is 0.478 e. The average Bonchev–Trinajstić information content (AvgIpc) is 3.46. The molecule has 1 aromatic rings. The van der Waals surface area contributed by atoms with Crippen molar-refractivity contribution in [1.82, 2.24) is 0 Å². The molecule has 0 radical (unpaired) electrons. The molecule has 8 saturated heterocycles. The fourth-order valence-corrected chi connectivity index (χ4v) is 7.18. The monoisotopic (exact) mass is 488 g/mol. The number of carboxylic acid groups (broad SMARTS) is 1. The summed E-state index contributed by atoms with van der Waals surface area (Å²) in [5.74, 6) is -0.561. The molecule has 14 atom stereocenters. The molecule has 8 heterocycles. The van der Waals surface area contributed by atoms with E-state index in [0.29, 0.717) is 17.9 Å². The van der Waals surface area contributed by atoms with E-state index in [1.54, 1.807) is 12.1 Å². The van der Waals surface area contributed by atoms with Crippen LogP contribution in [0, 0.1) is 23.7 Å². The van der Waals surface area contributed by atoms with E-state index >= 15 is 0 Å². The molecule has 1 aromatic carbocycles. The fraction of sp³-hybridized carbons (Fsp3) is 0.692. The zero-order valence-electron chi connectivity index (χ0n) is 20.1. The maximum absolute atomic E-state index is 12.5. The number of rotatable bonds is 3. The van der Waals surface area contributed by atoms with Gasteiger partial charge in [0.2, 0.25) is 0 Å². The summed E-state index contributed by atoms with van der Waals surface area (Å²) in [6, 6.07) is 6.05. The number of benzene rings is 1. The Labute approximate surface area is 203 Å². The molecule has 35 heavy (non-hydrogen) atoms. The van der Waals surface area contributed by atoms with E-state index in [1.807, 2.05) is 6.92 Å². The molecule has 8 fully saturated rings. The number of hydrogen-bond donors (Lipinski definition) is 2. The average molecular weight is 489 g/mol. The Bertz CT molecular complexity index is 994. The molecular formula is C26H32O9. The van der Waals surface area contributed by atoms with Crippen LogP contribution in [-0.2, 0) is 23.7 Å². The second-order valence-corrected chi connectivity index (χ2v) is 10.9. The van der Waals surface area contributed by atoms with Gasteiger partial charge in [0.15, 0.2) is 6.10 Å². The van der Waals surface area contributed by atoms with Gasteiger partial charge in [-0.15, -0.1) is 0 Å². The molecule has 0 saturated carbocycles. The molecule has 8 aliphatic heterocycles. The SMILES string of the molecule is C[C@@H]1[C@@H]2OC3[C@@H](O)[C@H]1O[C@@H]3[C@H]2C.C[C@H]1[C@H]2OC3[C@@H](OC(=O)c4ccccc4C(=O)O)C(O[C@@H]31)[C@@H]2C. The third-order valence-corrected chi connectivity index (χ3v) is 8.99. The van der Waals surface area contributed by atoms with Gasteiger partial charge in [0, 0.05) is 23.7 Å². The molecule has 190 valence electrons. The summed E-state index contributed by atoms with van der Waals surface area (Å²) in [6.07, 6.45) is -0.719. The van der Waals surface area contributed by atoms with E-state index in [0.717, 1.165) is 0 Å². The van der Waals surface area contributed by atoms with Gasteiger partial charge in [-0.1, -0.05) is 39.8 Å². The molecule has 0 aliphatic carbocycles.